The van der Waals surface area contributed by atoms with Crippen LogP contribution in [0.15, 0.2) is 40.9 Å². The summed E-state index contributed by atoms with van der Waals surface area (Å²) in [5.41, 5.74) is 2.72. The quantitative estimate of drug-likeness (QED) is 0.874. The largest absolute Gasteiger partial charge is 0.493 e. The van der Waals surface area contributed by atoms with Crippen LogP contribution in [-0.4, -0.2) is 20.1 Å². The number of anilines is 1. The molecule has 0 saturated heterocycles. The Balaban J connectivity index is 2.08. The molecular formula is C17H18BrNO3. The molecule has 1 N–H and O–H groups in total. The number of methoxy groups -OCH3 is 2. The Morgan fingerprint density at radius 2 is 1.82 bits per heavy atom. The summed E-state index contributed by atoms with van der Waals surface area (Å²) >= 11 is 3.42. The number of aryl methyl sites for hydroxylation is 1. The van der Waals surface area contributed by atoms with Crippen LogP contribution in [0.5, 0.6) is 11.5 Å². The van der Waals surface area contributed by atoms with Gasteiger partial charge in [0.15, 0.2) is 11.5 Å². The number of nitrogens with one attached hydrogen (secondary N) is 1. The van der Waals surface area contributed by atoms with E-state index in [0.717, 1.165) is 21.3 Å². The number of ether oxygens (including phenoxy) is 2. The number of halogens is 1. The lowest BCUT2D eigenvalue weighted by Gasteiger charge is -2.10. The first-order valence-corrected chi connectivity index (χ1v) is 7.59. The monoisotopic (exact) mass is 363 g/mol. The Hall–Kier alpha value is -2.01. The van der Waals surface area contributed by atoms with Crippen molar-refractivity contribution in [2.45, 2.75) is 13.3 Å². The van der Waals surface area contributed by atoms with Gasteiger partial charge in [0.1, 0.15) is 0 Å². The molecule has 2 aromatic rings. The second-order valence-electron chi connectivity index (χ2n) is 4.93. The predicted molar refractivity (Wildman–Crippen MR) is 90.8 cm³/mol. The lowest BCUT2D eigenvalue weighted by atomic mass is 10.1. The van der Waals surface area contributed by atoms with Crippen LogP contribution in [0.4, 0.5) is 5.69 Å². The van der Waals surface area contributed by atoms with Crippen LogP contribution < -0.4 is 14.8 Å². The molecule has 4 nitrogen and oxygen atoms in total. The first kappa shape index (κ1) is 16.4. The SMILES string of the molecule is COc1ccc(CC(=O)Nc2cc(C)cc(Br)c2)cc1OC. The molecule has 0 spiro atoms. The third kappa shape index (κ3) is 4.24. The standard InChI is InChI=1S/C17H18BrNO3/c1-11-6-13(18)10-14(7-11)19-17(20)9-12-4-5-15(21-2)16(8-12)22-3/h4-8,10H,9H2,1-3H3,(H,19,20). The fourth-order valence-corrected chi connectivity index (χ4v) is 2.80. The fraction of sp³-hybridized carbons (Fsp3) is 0.235. The molecule has 5 heteroatoms. The van der Waals surface area contributed by atoms with E-state index in [9.17, 15) is 4.79 Å². The van der Waals surface area contributed by atoms with Gasteiger partial charge in [0.05, 0.1) is 20.6 Å². The second-order valence-corrected chi connectivity index (χ2v) is 5.85. The highest BCUT2D eigenvalue weighted by atomic mass is 79.9. The van der Waals surface area contributed by atoms with Crippen LogP contribution in [-0.2, 0) is 11.2 Å². The Bertz CT molecular complexity index is 665. The molecule has 0 saturated carbocycles. The molecule has 1 amide bonds. The summed E-state index contributed by atoms with van der Waals surface area (Å²) < 4.78 is 11.4. The molecule has 0 bridgehead atoms. The molecule has 2 rings (SSSR count). The number of rotatable bonds is 5. The van der Waals surface area contributed by atoms with Crippen molar-refractivity contribution < 1.29 is 14.3 Å². The highest BCUT2D eigenvalue weighted by Crippen LogP contribution is 2.28. The lowest BCUT2D eigenvalue weighted by Crippen LogP contribution is -2.14. The van der Waals surface area contributed by atoms with Gasteiger partial charge in [-0.2, -0.15) is 0 Å². The van der Waals surface area contributed by atoms with Gasteiger partial charge in [-0.3, -0.25) is 4.79 Å². The minimum Gasteiger partial charge on any atom is -0.493 e. The topological polar surface area (TPSA) is 47.6 Å². The van der Waals surface area contributed by atoms with Crippen molar-refractivity contribution in [2.75, 3.05) is 19.5 Å². The molecule has 0 unspecified atom stereocenters. The van der Waals surface area contributed by atoms with E-state index in [4.69, 9.17) is 9.47 Å². The van der Waals surface area contributed by atoms with Gasteiger partial charge in [-0.15, -0.1) is 0 Å². The molecule has 116 valence electrons. The molecule has 0 aliphatic rings. The van der Waals surface area contributed by atoms with E-state index in [-0.39, 0.29) is 12.3 Å². The van der Waals surface area contributed by atoms with Crippen LogP contribution in [0, 0.1) is 6.92 Å². The highest BCUT2D eigenvalue weighted by Gasteiger charge is 2.09. The van der Waals surface area contributed by atoms with Crippen LogP contribution in [0.1, 0.15) is 11.1 Å². The highest BCUT2D eigenvalue weighted by molar-refractivity contribution is 9.10. The zero-order valence-electron chi connectivity index (χ0n) is 12.8. The molecule has 0 aromatic heterocycles. The average molecular weight is 364 g/mol. The maximum absolute atomic E-state index is 12.2. The van der Waals surface area contributed by atoms with Gasteiger partial charge in [-0.1, -0.05) is 22.0 Å². The number of hydrogen-bond donors (Lipinski definition) is 1. The second kappa shape index (κ2) is 7.31. The van der Waals surface area contributed by atoms with Crippen molar-refractivity contribution in [3.63, 3.8) is 0 Å². The van der Waals surface area contributed by atoms with E-state index in [1.807, 2.05) is 37.3 Å². The zero-order chi connectivity index (χ0) is 16.1. The van der Waals surface area contributed by atoms with E-state index >= 15 is 0 Å². The van der Waals surface area contributed by atoms with Gasteiger partial charge >= 0.3 is 0 Å². The number of benzene rings is 2. The molecule has 0 aliphatic heterocycles. The van der Waals surface area contributed by atoms with E-state index in [2.05, 4.69) is 21.2 Å². The first-order chi connectivity index (χ1) is 10.5. The fourth-order valence-electron chi connectivity index (χ4n) is 2.19. The van der Waals surface area contributed by atoms with Gasteiger partial charge < -0.3 is 14.8 Å². The summed E-state index contributed by atoms with van der Waals surface area (Å²) in [6.07, 6.45) is 0.270. The molecule has 0 fully saturated rings. The molecule has 0 heterocycles. The summed E-state index contributed by atoms with van der Waals surface area (Å²) in [6, 6.07) is 11.3. The lowest BCUT2D eigenvalue weighted by molar-refractivity contribution is -0.115. The van der Waals surface area contributed by atoms with Crippen molar-refractivity contribution in [1.82, 2.24) is 0 Å². The summed E-state index contributed by atoms with van der Waals surface area (Å²) in [4.78, 5) is 12.2. The summed E-state index contributed by atoms with van der Waals surface area (Å²) in [5, 5.41) is 2.90. The Kier molecular flexibility index (Phi) is 5.44. The summed E-state index contributed by atoms with van der Waals surface area (Å²) in [7, 11) is 3.16. The predicted octanol–water partition coefficient (Wildman–Crippen LogP) is 3.96. The van der Waals surface area contributed by atoms with Crippen LogP contribution in [0.2, 0.25) is 0 Å². The smallest absolute Gasteiger partial charge is 0.228 e. The van der Waals surface area contributed by atoms with Gasteiger partial charge in [-0.05, 0) is 48.4 Å². The van der Waals surface area contributed by atoms with Crippen molar-refractivity contribution in [1.29, 1.82) is 0 Å². The van der Waals surface area contributed by atoms with Crippen molar-refractivity contribution in [3.05, 3.63) is 52.0 Å². The Morgan fingerprint density at radius 3 is 2.45 bits per heavy atom. The average Bonchev–Trinajstić information content (AvgIpc) is 2.45. The van der Waals surface area contributed by atoms with Gasteiger partial charge in [0.2, 0.25) is 5.91 Å². The van der Waals surface area contributed by atoms with Gasteiger partial charge in [0, 0.05) is 10.2 Å². The minimum absolute atomic E-state index is 0.0790. The number of carbonyl (C=O) groups is 1. The van der Waals surface area contributed by atoms with Crippen molar-refractivity contribution in [2.24, 2.45) is 0 Å². The van der Waals surface area contributed by atoms with Gasteiger partial charge in [0.25, 0.3) is 0 Å². The maximum atomic E-state index is 12.2. The van der Waals surface area contributed by atoms with Crippen LogP contribution in [0.25, 0.3) is 0 Å². The molecule has 0 atom stereocenters. The first-order valence-electron chi connectivity index (χ1n) is 6.80. The molecule has 0 aliphatic carbocycles. The number of amides is 1. The van der Waals surface area contributed by atoms with Crippen molar-refractivity contribution in [3.8, 4) is 11.5 Å². The summed E-state index contributed by atoms with van der Waals surface area (Å²) in [5.74, 6) is 1.19. The summed E-state index contributed by atoms with van der Waals surface area (Å²) in [6.45, 7) is 1.98. The van der Waals surface area contributed by atoms with E-state index in [1.54, 1.807) is 20.3 Å². The molecule has 0 radical (unpaired) electrons. The van der Waals surface area contributed by atoms with E-state index in [1.165, 1.54) is 0 Å². The van der Waals surface area contributed by atoms with Crippen LogP contribution in [0.3, 0.4) is 0 Å². The molecular weight excluding hydrogens is 346 g/mol. The Labute approximate surface area is 138 Å². The zero-order valence-corrected chi connectivity index (χ0v) is 14.4. The number of hydrogen-bond acceptors (Lipinski definition) is 3. The Morgan fingerprint density at radius 1 is 1.09 bits per heavy atom. The minimum atomic E-state index is -0.0790. The molecule has 2 aromatic carbocycles. The maximum Gasteiger partial charge on any atom is 0.228 e. The van der Waals surface area contributed by atoms with Crippen molar-refractivity contribution >= 4 is 27.5 Å². The third-order valence-corrected chi connectivity index (χ3v) is 3.60. The third-order valence-electron chi connectivity index (χ3n) is 3.14. The molecule has 22 heavy (non-hydrogen) atoms. The number of carbonyl (C=O) groups excluding carboxylic acids is 1. The van der Waals surface area contributed by atoms with Crippen LogP contribution >= 0.6 is 15.9 Å². The van der Waals surface area contributed by atoms with Gasteiger partial charge in [-0.25, -0.2) is 0 Å². The van der Waals surface area contributed by atoms with E-state index < -0.39 is 0 Å². The normalized spacial score (nSPS) is 10.2. The van der Waals surface area contributed by atoms with E-state index in [0.29, 0.717) is 11.5 Å².